The summed E-state index contributed by atoms with van der Waals surface area (Å²) in [7, 11) is 0. The van der Waals surface area contributed by atoms with E-state index in [1.54, 1.807) is 0 Å². The van der Waals surface area contributed by atoms with Crippen LogP contribution in [0.25, 0.3) is 127 Å². The van der Waals surface area contributed by atoms with E-state index >= 15 is 0 Å². The first-order chi connectivity index (χ1) is 32.2. The third-order valence-electron chi connectivity index (χ3n) is 13.2. The van der Waals surface area contributed by atoms with Gasteiger partial charge in [0, 0.05) is 32.8 Å². The second-order valence-electron chi connectivity index (χ2n) is 17.0. The molecule has 0 saturated heterocycles. The molecule has 0 bridgehead atoms. The maximum absolute atomic E-state index is 5.26. The Morgan fingerprint density at radius 2 is 0.754 bits per heavy atom. The van der Waals surface area contributed by atoms with Crippen LogP contribution in [0.1, 0.15) is 0 Å². The molecule has 3 heteroatoms. The van der Waals surface area contributed by atoms with Crippen LogP contribution in [0.15, 0.2) is 237 Å². The number of fused-ring (bicyclic) bond motifs is 10. The highest BCUT2D eigenvalue weighted by Gasteiger charge is 2.15. The van der Waals surface area contributed by atoms with E-state index in [0.29, 0.717) is 0 Å². The van der Waals surface area contributed by atoms with Crippen molar-refractivity contribution >= 4 is 65.2 Å². The third-order valence-corrected chi connectivity index (χ3v) is 13.2. The average molecular weight is 826 g/mol. The summed E-state index contributed by atoms with van der Waals surface area (Å²) >= 11 is 0. The van der Waals surface area contributed by atoms with Gasteiger partial charge in [0.15, 0.2) is 0 Å². The average Bonchev–Trinajstić information content (AvgIpc) is 3.72. The summed E-state index contributed by atoms with van der Waals surface area (Å²) in [6, 6.07) is 83.3. The SMILES string of the molecule is c1cc(-c2ccc(-c3ccc4c(c3)c3ccccc3n4-c3ccc(-c4ccc5ccccc5c4)cc3)cc2)cc(-c2cccc(-c3cnc4c5ccccc5c5ccccc5c4n3)c2)c1. The van der Waals surface area contributed by atoms with Gasteiger partial charge in [0.05, 0.1) is 34.0 Å². The molecule has 0 amide bonds. The maximum Gasteiger partial charge on any atom is 0.0979 e. The molecule has 0 atom stereocenters. The monoisotopic (exact) mass is 825 g/mol. The van der Waals surface area contributed by atoms with Crippen LogP contribution in [0.3, 0.4) is 0 Å². The van der Waals surface area contributed by atoms with Gasteiger partial charge >= 0.3 is 0 Å². The van der Waals surface area contributed by atoms with Crippen LogP contribution in [0.2, 0.25) is 0 Å². The highest BCUT2D eigenvalue weighted by Crippen LogP contribution is 2.38. The van der Waals surface area contributed by atoms with Crippen molar-refractivity contribution in [1.29, 1.82) is 0 Å². The van der Waals surface area contributed by atoms with E-state index in [9.17, 15) is 0 Å². The fraction of sp³-hybridized carbons (Fsp3) is 0. The molecule has 0 fully saturated rings. The van der Waals surface area contributed by atoms with Crippen molar-refractivity contribution in [2.24, 2.45) is 0 Å². The molecule has 65 heavy (non-hydrogen) atoms. The van der Waals surface area contributed by atoms with Gasteiger partial charge in [-0.15, -0.1) is 0 Å². The fourth-order valence-corrected chi connectivity index (χ4v) is 9.96. The Bertz CT molecular complexity index is 3960. The van der Waals surface area contributed by atoms with E-state index in [1.807, 2.05) is 6.20 Å². The van der Waals surface area contributed by atoms with Crippen molar-refractivity contribution in [3.8, 4) is 61.5 Å². The fourth-order valence-electron chi connectivity index (χ4n) is 9.96. The molecule has 0 aliphatic heterocycles. The Morgan fingerprint density at radius 1 is 0.277 bits per heavy atom. The molecule has 13 rings (SSSR count). The smallest absolute Gasteiger partial charge is 0.0979 e. The van der Waals surface area contributed by atoms with Crippen molar-refractivity contribution < 1.29 is 0 Å². The summed E-state index contributed by atoms with van der Waals surface area (Å²) in [6.45, 7) is 0. The Hall–Kier alpha value is -8.66. The topological polar surface area (TPSA) is 30.7 Å². The van der Waals surface area contributed by atoms with Gasteiger partial charge in [-0.1, -0.05) is 182 Å². The van der Waals surface area contributed by atoms with Crippen LogP contribution in [0.4, 0.5) is 0 Å². The first kappa shape index (κ1) is 36.9. The highest BCUT2D eigenvalue weighted by atomic mass is 15.0. The van der Waals surface area contributed by atoms with Crippen LogP contribution in [-0.4, -0.2) is 14.5 Å². The van der Waals surface area contributed by atoms with Crippen molar-refractivity contribution in [2.45, 2.75) is 0 Å². The van der Waals surface area contributed by atoms with Gasteiger partial charge in [-0.3, -0.25) is 4.98 Å². The summed E-state index contributed by atoms with van der Waals surface area (Å²) in [5, 5.41) is 9.64. The zero-order valence-corrected chi connectivity index (χ0v) is 35.4. The lowest BCUT2D eigenvalue weighted by molar-refractivity contribution is 1.18. The summed E-state index contributed by atoms with van der Waals surface area (Å²) in [5.74, 6) is 0. The van der Waals surface area contributed by atoms with Crippen molar-refractivity contribution in [2.75, 3.05) is 0 Å². The van der Waals surface area contributed by atoms with Gasteiger partial charge in [-0.2, -0.15) is 0 Å². The number of nitrogens with zero attached hydrogens (tertiary/aromatic N) is 3. The lowest BCUT2D eigenvalue weighted by Crippen LogP contribution is -1.93. The van der Waals surface area contributed by atoms with Gasteiger partial charge in [0.1, 0.15) is 0 Å². The Labute approximate surface area is 376 Å². The molecule has 0 saturated carbocycles. The zero-order valence-electron chi connectivity index (χ0n) is 35.4. The third kappa shape index (κ3) is 6.28. The minimum atomic E-state index is 0.862. The van der Waals surface area contributed by atoms with Crippen molar-refractivity contribution in [1.82, 2.24) is 14.5 Å². The Morgan fingerprint density at radius 3 is 1.46 bits per heavy atom. The van der Waals surface area contributed by atoms with E-state index < -0.39 is 0 Å². The van der Waals surface area contributed by atoms with E-state index in [1.165, 1.54) is 76.7 Å². The number of benzene rings is 11. The van der Waals surface area contributed by atoms with E-state index in [4.69, 9.17) is 9.97 Å². The number of rotatable bonds is 6. The molecule has 2 heterocycles. The maximum atomic E-state index is 5.26. The number of hydrogen-bond donors (Lipinski definition) is 0. The van der Waals surface area contributed by atoms with E-state index in [2.05, 4.69) is 235 Å². The van der Waals surface area contributed by atoms with Crippen molar-refractivity contribution in [3.63, 3.8) is 0 Å². The summed E-state index contributed by atoms with van der Waals surface area (Å²) < 4.78 is 2.39. The summed E-state index contributed by atoms with van der Waals surface area (Å²) in [6.07, 6.45) is 1.92. The standard InChI is InChI=1S/C62H39N3/c1-2-12-44-36-48(28-27-40(44)11-1)43-29-32-51(33-30-43)65-59-22-8-7-19-54(59)57-38-49(31-34-60(57)65)42-25-23-41(24-26-42)45-13-9-14-46(35-45)47-15-10-16-50(37-47)58-39-63-61-55-20-5-3-17-52(55)53-18-4-6-21-56(53)62(61)64-58/h1-39H. The van der Waals surface area contributed by atoms with E-state index in [-0.39, 0.29) is 0 Å². The lowest BCUT2D eigenvalue weighted by atomic mass is 9.95. The molecular weight excluding hydrogens is 787 g/mol. The van der Waals surface area contributed by atoms with Crippen LogP contribution >= 0.6 is 0 Å². The van der Waals surface area contributed by atoms with Gasteiger partial charge in [-0.05, 0) is 115 Å². The van der Waals surface area contributed by atoms with Gasteiger partial charge in [0.25, 0.3) is 0 Å². The minimum absolute atomic E-state index is 0.862. The zero-order chi connectivity index (χ0) is 42.8. The molecular formula is C62H39N3. The number of para-hydroxylation sites is 1. The van der Waals surface area contributed by atoms with Crippen molar-refractivity contribution in [3.05, 3.63) is 237 Å². The molecule has 302 valence electrons. The first-order valence-electron chi connectivity index (χ1n) is 22.2. The van der Waals surface area contributed by atoms with Crippen LogP contribution in [0.5, 0.6) is 0 Å². The number of hydrogen-bond acceptors (Lipinski definition) is 2. The molecule has 13 aromatic rings. The normalized spacial score (nSPS) is 11.7. The van der Waals surface area contributed by atoms with Gasteiger partial charge in [0.2, 0.25) is 0 Å². The van der Waals surface area contributed by atoms with Crippen LogP contribution < -0.4 is 0 Å². The largest absolute Gasteiger partial charge is 0.309 e. The predicted molar refractivity (Wildman–Crippen MR) is 274 cm³/mol. The Balaban J connectivity index is 0.797. The molecule has 0 radical (unpaired) electrons. The molecule has 0 spiro atoms. The molecule has 11 aromatic carbocycles. The van der Waals surface area contributed by atoms with Gasteiger partial charge in [-0.25, -0.2) is 4.98 Å². The Kier molecular flexibility index (Phi) is 8.53. The first-order valence-corrected chi connectivity index (χ1v) is 22.2. The molecule has 2 aromatic heterocycles. The lowest BCUT2D eigenvalue weighted by Gasteiger charge is -2.11. The minimum Gasteiger partial charge on any atom is -0.309 e. The molecule has 0 unspecified atom stereocenters. The van der Waals surface area contributed by atoms with Crippen LogP contribution in [-0.2, 0) is 0 Å². The molecule has 0 N–H and O–H groups in total. The molecule has 3 nitrogen and oxygen atoms in total. The molecule has 0 aliphatic carbocycles. The summed E-state index contributed by atoms with van der Waals surface area (Å²) in [4.78, 5) is 10.3. The second kappa shape index (κ2) is 15.0. The van der Waals surface area contributed by atoms with Gasteiger partial charge < -0.3 is 4.57 Å². The number of aromatic nitrogens is 3. The van der Waals surface area contributed by atoms with Crippen LogP contribution in [0, 0.1) is 0 Å². The van der Waals surface area contributed by atoms with E-state index in [0.717, 1.165) is 49.9 Å². The quantitative estimate of drug-likeness (QED) is 0.156. The molecule has 0 aliphatic rings. The highest BCUT2D eigenvalue weighted by molar-refractivity contribution is 6.23. The predicted octanol–water partition coefficient (Wildman–Crippen LogP) is 16.5. The summed E-state index contributed by atoms with van der Waals surface area (Å²) in [5.41, 5.74) is 16.8. The second-order valence-corrected chi connectivity index (χ2v) is 17.0.